The molecule has 3 N–H and O–H groups in total. The number of aromatic nitrogens is 3. The summed E-state index contributed by atoms with van der Waals surface area (Å²) in [5.41, 5.74) is 6.37. The molecule has 0 amide bonds. The summed E-state index contributed by atoms with van der Waals surface area (Å²) in [5, 5.41) is 6.68. The average molecular weight is 263 g/mol. The standard InChI is InChI=1S/C11H13N5O3/c1-18-11(17)7-2-4-13-10(9(7)12)14-5-3-8-15-6-19-16-8/h2,4,6H,3,5,12H2,1H3,(H,13,14). The third-order valence-electron chi connectivity index (χ3n) is 2.44. The van der Waals surface area contributed by atoms with Gasteiger partial charge < -0.3 is 20.3 Å². The van der Waals surface area contributed by atoms with Crippen LogP contribution >= 0.6 is 0 Å². The van der Waals surface area contributed by atoms with Gasteiger partial charge in [0, 0.05) is 19.2 Å². The lowest BCUT2D eigenvalue weighted by atomic mass is 10.2. The molecule has 19 heavy (non-hydrogen) atoms. The van der Waals surface area contributed by atoms with E-state index in [1.807, 2.05) is 0 Å². The zero-order valence-electron chi connectivity index (χ0n) is 10.3. The smallest absolute Gasteiger partial charge is 0.340 e. The summed E-state index contributed by atoms with van der Waals surface area (Å²) < 4.78 is 9.24. The van der Waals surface area contributed by atoms with Gasteiger partial charge >= 0.3 is 5.97 Å². The Bertz CT molecular complexity index is 555. The van der Waals surface area contributed by atoms with Crippen molar-refractivity contribution in [1.29, 1.82) is 0 Å². The Hall–Kier alpha value is -2.64. The minimum absolute atomic E-state index is 0.252. The van der Waals surface area contributed by atoms with Crippen LogP contribution in [0, 0.1) is 0 Å². The summed E-state index contributed by atoms with van der Waals surface area (Å²) in [6.07, 6.45) is 3.30. The molecule has 2 aromatic heterocycles. The number of anilines is 2. The Kier molecular flexibility index (Phi) is 3.91. The molecule has 0 aliphatic rings. The van der Waals surface area contributed by atoms with Gasteiger partial charge in [-0.3, -0.25) is 0 Å². The van der Waals surface area contributed by atoms with Crippen molar-refractivity contribution in [2.24, 2.45) is 0 Å². The quantitative estimate of drug-likeness (QED) is 0.748. The van der Waals surface area contributed by atoms with Gasteiger partial charge in [0.25, 0.3) is 0 Å². The van der Waals surface area contributed by atoms with E-state index in [1.165, 1.54) is 25.8 Å². The molecule has 8 nitrogen and oxygen atoms in total. The summed E-state index contributed by atoms with van der Waals surface area (Å²) in [5.74, 6) is 0.503. The van der Waals surface area contributed by atoms with Crippen molar-refractivity contribution in [3.63, 3.8) is 0 Å². The van der Waals surface area contributed by atoms with Gasteiger partial charge in [-0.1, -0.05) is 5.16 Å². The van der Waals surface area contributed by atoms with Gasteiger partial charge in [0.15, 0.2) is 5.82 Å². The highest BCUT2D eigenvalue weighted by Gasteiger charge is 2.13. The van der Waals surface area contributed by atoms with Crippen LogP contribution in [0.25, 0.3) is 0 Å². The maximum absolute atomic E-state index is 11.5. The highest BCUT2D eigenvalue weighted by Crippen LogP contribution is 2.20. The lowest BCUT2D eigenvalue weighted by Crippen LogP contribution is -2.12. The van der Waals surface area contributed by atoms with Crippen molar-refractivity contribution < 1.29 is 14.1 Å². The molecule has 0 aliphatic heterocycles. The van der Waals surface area contributed by atoms with Crippen LogP contribution in [-0.2, 0) is 11.2 Å². The Balaban J connectivity index is 2.02. The van der Waals surface area contributed by atoms with Crippen molar-refractivity contribution in [3.8, 4) is 0 Å². The Morgan fingerprint density at radius 1 is 1.53 bits per heavy atom. The lowest BCUT2D eigenvalue weighted by Gasteiger charge is -2.09. The SMILES string of the molecule is COC(=O)c1ccnc(NCCc2ncon2)c1N. The molecule has 0 saturated heterocycles. The van der Waals surface area contributed by atoms with Crippen LogP contribution in [-0.4, -0.2) is 34.7 Å². The number of ether oxygens (including phenoxy) is 1. The summed E-state index contributed by atoms with van der Waals surface area (Å²) in [6.45, 7) is 0.515. The van der Waals surface area contributed by atoms with E-state index in [0.717, 1.165) is 0 Å². The van der Waals surface area contributed by atoms with Crippen LogP contribution in [0.15, 0.2) is 23.2 Å². The maximum atomic E-state index is 11.5. The number of nitrogen functional groups attached to an aromatic ring is 1. The third kappa shape index (κ3) is 2.97. The van der Waals surface area contributed by atoms with Gasteiger partial charge in [0.05, 0.1) is 18.4 Å². The van der Waals surface area contributed by atoms with E-state index >= 15 is 0 Å². The zero-order chi connectivity index (χ0) is 13.7. The number of carbonyl (C=O) groups excluding carboxylic acids is 1. The number of methoxy groups -OCH3 is 1. The number of nitrogens with two attached hydrogens (primary N) is 1. The van der Waals surface area contributed by atoms with Crippen molar-refractivity contribution in [3.05, 3.63) is 30.0 Å². The molecule has 0 radical (unpaired) electrons. The Labute approximate surface area is 109 Å². The minimum atomic E-state index is -0.499. The second-order valence-corrected chi connectivity index (χ2v) is 3.64. The van der Waals surface area contributed by atoms with E-state index in [2.05, 4.69) is 29.7 Å². The van der Waals surface area contributed by atoms with Crippen LogP contribution in [0.2, 0.25) is 0 Å². The van der Waals surface area contributed by atoms with Gasteiger partial charge in [0.1, 0.15) is 5.82 Å². The number of rotatable bonds is 5. The van der Waals surface area contributed by atoms with Crippen LogP contribution < -0.4 is 11.1 Å². The fourth-order valence-electron chi connectivity index (χ4n) is 1.50. The van der Waals surface area contributed by atoms with Crippen molar-refractivity contribution >= 4 is 17.5 Å². The molecule has 2 heterocycles. The largest absolute Gasteiger partial charge is 0.465 e. The normalized spacial score (nSPS) is 10.2. The molecular weight excluding hydrogens is 250 g/mol. The molecule has 100 valence electrons. The van der Waals surface area contributed by atoms with Crippen molar-refractivity contribution in [2.75, 3.05) is 24.7 Å². The number of nitrogens with zero attached hydrogens (tertiary/aromatic N) is 3. The predicted octanol–water partition coefficient (Wildman–Crippen LogP) is 0.488. The van der Waals surface area contributed by atoms with E-state index in [9.17, 15) is 4.79 Å². The van der Waals surface area contributed by atoms with E-state index in [1.54, 1.807) is 0 Å². The zero-order valence-corrected chi connectivity index (χ0v) is 10.3. The number of hydrogen-bond acceptors (Lipinski definition) is 8. The van der Waals surface area contributed by atoms with Gasteiger partial charge in [-0.05, 0) is 6.07 Å². The second-order valence-electron chi connectivity index (χ2n) is 3.64. The molecule has 0 bridgehead atoms. The van der Waals surface area contributed by atoms with Gasteiger partial charge in [-0.25, -0.2) is 9.78 Å². The minimum Gasteiger partial charge on any atom is -0.465 e. The van der Waals surface area contributed by atoms with Crippen LogP contribution in [0.3, 0.4) is 0 Å². The highest BCUT2D eigenvalue weighted by atomic mass is 16.5. The Morgan fingerprint density at radius 2 is 2.37 bits per heavy atom. The molecule has 0 atom stereocenters. The number of esters is 1. The molecule has 0 fully saturated rings. The molecule has 0 aromatic carbocycles. The number of nitrogens with one attached hydrogen (secondary N) is 1. The molecule has 0 unspecified atom stereocenters. The van der Waals surface area contributed by atoms with Crippen molar-refractivity contribution in [1.82, 2.24) is 15.1 Å². The van der Waals surface area contributed by atoms with E-state index in [4.69, 9.17) is 5.73 Å². The number of pyridine rings is 1. The monoisotopic (exact) mass is 263 g/mol. The van der Waals surface area contributed by atoms with Crippen molar-refractivity contribution in [2.45, 2.75) is 6.42 Å². The highest BCUT2D eigenvalue weighted by molar-refractivity contribution is 5.97. The predicted molar refractivity (Wildman–Crippen MR) is 66.5 cm³/mol. The van der Waals surface area contributed by atoms with Gasteiger partial charge in [-0.15, -0.1) is 0 Å². The van der Waals surface area contributed by atoms with Crippen LogP contribution in [0.1, 0.15) is 16.2 Å². The molecule has 0 spiro atoms. The molecule has 0 aliphatic carbocycles. The maximum Gasteiger partial charge on any atom is 0.340 e. The van der Waals surface area contributed by atoms with Crippen LogP contribution in [0.4, 0.5) is 11.5 Å². The third-order valence-corrected chi connectivity index (χ3v) is 2.44. The summed E-state index contributed by atoms with van der Waals surface area (Å²) in [6, 6.07) is 1.51. The van der Waals surface area contributed by atoms with Gasteiger partial charge in [0.2, 0.25) is 6.39 Å². The summed E-state index contributed by atoms with van der Waals surface area (Å²) >= 11 is 0. The Morgan fingerprint density at radius 3 is 3.05 bits per heavy atom. The van der Waals surface area contributed by atoms with E-state index in [-0.39, 0.29) is 11.3 Å². The number of hydrogen-bond donors (Lipinski definition) is 2. The first kappa shape index (κ1) is 12.8. The molecule has 8 heteroatoms. The first-order valence-corrected chi connectivity index (χ1v) is 5.54. The second kappa shape index (κ2) is 5.80. The first-order valence-electron chi connectivity index (χ1n) is 5.54. The fourth-order valence-corrected chi connectivity index (χ4v) is 1.50. The molecule has 2 aromatic rings. The summed E-state index contributed by atoms with van der Waals surface area (Å²) in [7, 11) is 1.30. The average Bonchev–Trinajstić information content (AvgIpc) is 2.93. The number of carbonyl (C=O) groups is 1. The lowest BCUT2D eigenvalue weighted by molar-refractivity contribution is 0.0602. The summed E-state index contributed by atoms with van der Waals surface area (Å²) in [4.78, 5) is 19.4. The first-order chi connectivity index (χ1) is 9.22. The van der Waals surface area contributed by atoms with Crippen LogP contribution in [0.5, 0.6) is 0 Å². The molecular formula is C11H13N5O3. The molecule has 2 rings (SSSR count). The van der Waals surface area contributed by atoms with Gasteiger partial charge in [-0.2, -0.15) is 4.98 Å². The fraction of sp³-hybridized carbons (Fsp3) is 0.273. The topological polar surface area (TPSA) is 116 Å². The van der Waals surface area contributed by atoms with E-state index < -0.39 is 5.97 Å². The molecule has 0 saturated carbocycles. The van der Waals surface area contributed by atoms with E-state index in [0.29, 0.717) is 24.6 Å².